The van der Waals surface area contributed by atoms with Gasteiger partial charge in [-0.15, -0.1) is 0 Å². The van der Waals surface area contributed by atoms with Crippen molar-refractivity contribution >= 4 is 17.2 Å². The fourth-order valence-corrected chi connectivity index (χ4v) is 1.89. The minimum absolute atomic E-state index is 0.387. The Morgan fingerprint density at radius 1 is 1.21 bits per heavy atom. The van der Waals surface area contributed by atoms with Crippen LogP contribution in [0.15, 0.2) is 36.4 Å². The number of aromatic nitrogens is 1. The van der Waals surface area contributed by atoms with Crippen molar-refractivity contribution < 1.29 is 4.74 Å². The standard InChI is InChI=1S/C15H16N2OS/c1-3-13-14(9-4-10(2)17-13)18-12-7-5-11(6-8-12)15(16)19/h4-9H,3H2,1-2H3,(H2,16,19). The maximum atomic E-state index is 5.84. The quantitative estimate of drug-likeness (QED) is 0.867. The number of thiocarbonyl (C=S) groups is 1. The second-order valence-electron chi connectivity index (χ2n) is 4.24. The zero-order valence-corrected chi connectivity index (χ0v) is 11.8. The van der Waals surface area contributed by atoms with Crippen LogP contribution >= 0.6 is 12.2 Å². The molecule has 2 rings (SSSR count). The maximum absolute atomic E-state index is 5.84. The molecule has 19 heavy (non-hydrogen) atoms. The molecule has 0 amide bonds. The van der Waals surface area contributed by atoms with E-state index in [1.807, 2.05) is 43.3 Å². The van der Waals surface area contributed by atoms with Gasteiger partial charge in [0.2, 0.25) is 0 Å². The lowest BCUT2D eigenvalue weighted by atomic mass is 10.2. The van der Waals surface area contributed by atoms with E-state index < -0.39 is 0 Å². The zero-order chi connectivity index (χ0) is 13.8. The van der Waals surface area contributed by atoms with Gasteiger partial charge in [0.25, 0.3) is 0 Å². The van der Waals surface area contributed by atoms with Gasteiger partial charge in [-0.1, -0.05) is 19.1 Å². The SMILES string of the molecule is CCc1nc(C)ccc1Oc1ccc(C(N)=S)cc1. The summed E-state index contributed by atoms with van der Waals surface area (Å²) in [5, 5.41) is 0. The van der Waals surface area contributed by atoms with E-state index in [9.17, 15) is 0 Å². The molecule has 0 unspecified atom stereocenters. The Hall–Kier alpha value is -1.94. The number of nitrogens with zero attached hydrogens (tertiary/aromatic N) is 1. The van der Waals surface area contributed by atoms with Crippen LogP contribution in [0, 0.1) is 6.92 Å². The Kier molecular flexibility index (Phi) is 4.12. The number of hydrogen-bond acceptors (Lipinski definition) is 3. The van der Waals surface area contributed by atoms with Crippen LogP contribution in [-0.2, 0) is 6.42 Å². The molecule has 1 heterocycles. The van der Waals surface area contributed by atoms with Gasteiger partial charge in [-0.05, 0) is 49.7 Å². The molecule has 0 radical (unpaired) electrons. The maximum Gasteiger partial charge on any atom is 0.148 e. The Morgan fingerprint density at radius 2 is 1.89 bits per heavy atom. The first kappa shape index (κ1) is 13.5. The summed E-state index contributed by atoms with van der Waals surface area (Å²) in [5.41, 5.74) is 8.34. The van der Waals surface area contributed by atoms with E-state index >= 15 is 0 Å². The molecule has 0 aliphatic carbocycles. The summed E-state index contributed by atoms with van der Waals surface area (Å²) in [4.78, 5) is 4.85. The smallest absolute Gasteiger partial charge is 0.148 e. The lowest BCUT2D eigenvalue weighted by Gasteiger charge is -2.10. The number of benzene rings is 1. The number of rotatable bonds is 4. The van der Waals surface area contributed by atoms with Gasteiger partial charge >= 0.3 is 0 Å². The van der Waals surface area contributed by atoms with Crippen molar-refractivity contribution in [2.75, 3.05) is 0 Å². The Balaban J connectivity index is 2.23. The molecule has 0 spiro atoms. The van der Waals surface area contributed by atoms with Gasteiger partial charge in [0, 0.05) is 11.3 Å². The van der Waals surface area contributed by atoms with Crippen LogP contribution in [0.3, 0.4) is 0 Å². The van der Waals surface area contributed by atoms with Gasteiger partial charge in [0.05, 0.1) is 5.69 Å². The largest absolute Gasteiger partial charge is 0.455 e. The fraction of sp³-hybridized carbons (Fsp3) is 0.200. The first-order valence-corrected chi connectivity index (χ1v) is 6.55. The van der Waals surface area contributed by atoms with Gasteiger partial charge in [-0.25, -0.2) is 0 Å². The predicted molar refractivity (Wildman–Crippen MR) is 80.8 cm³/mol. The van der Waals surface area contributed by atoms with Gasteiger partial charge in [0.1, 0.15) is 16.5 Å². The highest BCUT2D eigenvalue weighted by Gasteiger charge is 2.05. The number of hydrogen-bond donors (Lipinski definition) is 1. The van der Waals surface area contributed by atoms with Crippen LogP contribution in [0.25, 0.3) is 0 Å². The minimum Gasteiger partial charge on any atom is -0.455 e. The molecule has 0 atom stereocenters. The van der Waals surface area contributed by atoms with Crippen molar-refractivity contribution in [2.45, 2.75) is 20.3 Å². The van der Waals surface area contributed by atoms with Crippen molar-refractivity contribution in [2.24, 2.45) is 5.73 Å². The van der Waals surface area contributed by atoms with E-state index in [1.165, 1.54) is 0 Å². The zero-order valence-electron chi connectivity index (χ0n) is 11.0. The van der Waals surface area contributed by atoms with Crippen LogP contribution in [0.2, 0.25) is 0 Å². The van der Waals surface area contributed by atoms with E-state index in [1.54, 1.807) is 0 Å². The summed E-state index contributed by atoms with van der Waals surface area (Å²) in [6.07, 6.45) is 0.835. The molecule has 0 saturated heterocycles. The Labute approximate surface area is 118 Å². The molecule has 1 aromatic heterocycles. The van der Waals surface area contributed by atoms with E-state index in [-0.39, 0.29) is 0 Å². The topological polar surface area (TPSA) is 48.1 Å². The minimum atomic E-state index is 0.387. The molecule has 0 aliphatic rings. The summed E-state index contributed by atoms with van der Waals surface area (Å²) in [5.74, 6) is 1.54. The lowest BCUT2D eigenvalue weighted by molar-refractivity contribution is 0.473. The van der Waals surface area contributed by atoms with Crippen LogP contribution < -0.4 is 10.5 Å². The van der Waals surface area contributed by atoms with Crippen molar-refractivity contribution in [3.63, 3.8) is 0 Å². The Morgan fingerprint density at radius 3 is 2.47 bits per heavy atom. The Bertz CT molecular complexity index is 594. The summed E-state index contributed by atoms with van der Waals surface area (Å²) in [7, 11) is 0. The number of pyridine rings is 1. The number of ether oxygens (including phenoxy) is 1. The first-order chi connectivity index (χ1) is 9.10. The molecule has 0 fully saturated rings. The molecule has 2 aromatic rings. The fourth-order valence-electron chi connectivity index (χ4n) is 1.76. The lowest BCUT2D eigenvalue weighted by Crippen LogP contribution is -2.08. The molecule has 4 heteroatoms. The molecule has 2 N–H and O–H groups in total. The van der Waals surface area contributed by atoms with Crippen molar-refractivity contribution in [3.05, 3.63) is 53.3 Å². The van der Waals surface area contributed by atoms with Gasteiger partial charge in [-0.2, -0.15) is 0 Å². The van der Waals surface area contributed by atoms with Crippen LogP contribution in [-0.4, -0.2) is 9.97 Å². The van der Waals surface area contributed by atoms with Crippen LogP contribution in [0.5, 0.6) is 11.5 Å². The van der Waals surface area contributed by atoms with Crippen molar-refractivity contribution in [1.29, 1.82) is 0 Å². The van der Waals surface area contributed by atoms with Crippen molar-refractivity contribution in [3.8, 4) is 11.5 Å². The third kappa shape index (κ3) is 3.29. The average molecular weight is 272 g/mol. The van der Waals surface area contributed by atoms with E-state index in [0.717, 1.165) is 34.9 Å². The highest BCUT2D eigenvalue weighted by atomic mass is 32.1. The third-order valence-electron chi connectivity index (χ3n) is 2.77. The van der Waals surface area contributed by atoms with E-state index in [4.69, 9.17) is 22.7 Å². The summed E-state index contributed by atoms with van der Waals surface area (Å²) in [6.45, 7) is 4.03. The molecule has 1 aromatic carbocycles. The highest BCUT2D eigenvalue weighted by molar-refractivity contribution is 7.80. The van der Waals surface area contributed by atoms with Gasteiger partial charge in [-0.3, -0.25) is 4.98 Å². The molecule has 0 bridgehead atoms. The molecule has 98 valence electrons. The van der Waals surface area contributed by atoms with Gasteiger partial charge < -0.3 is 10.5 Å². The molecular weight excluding hydrogens is 256 g/mol. The third-order valence-corrected chi connectivity index (χ3v) is 3.01. The second-order valence-corrected chi connectivity index (χ2v) is 4.68. The molecular formula is C15H16N2OS. The van der Waals surface area contributed by atoms with Gasteiger partial charge in [0.15, 0.2) is 0 Å². The van der Waals surface area contributed by atoms with Crippen molar-refractivity contribution in [1.82, 2.24) is 4.98 Å². The molecule has 3 nitrogen and oxygen atoms in total. The summed E-state index contributed by atoms with van der Waals surface area (Å²) < 4.78 is 5.84. The summed E-state index contributed by atoms with van der Waals surface area (Å²) in [6, 6.07) is 11.3. The second kappa shape index (κ2) is 5.80. The summed E-state index contributed by atoms with van der Waals surface area (Å²) >= 11 is 4.92. The first-order valence-electron chi connectivity index (χ1n) is 6.14. The van der Waals surface area contributed by atoms with Crippen LogP contribution in [0.1, 0.15) is 23.9 Å². The average Bonchev–Trinajstić information content (AvgIpc) is 2.41. The number of nitrogens with two attached hydrogens (primary N) is 1. The van der Waals surface area contributed by atoms with E-state index in [0.29, 0.717) is 4.99 Å². The molecule has 0 saturated carbocycles. The normalized spacial score (nSPS) is 10.2. The number of aryl methyl sites for hydroxylation is 2. The van der Waals surface area contributed by atoms with Crippen LogP contribution in [0.4, 0.5) is 0 Å². The predicted octanol–water partition coefficient (Wildman–Crippen LogP) is 3.38. The highest BCUT2D eigenvalue weighted by Crippen LogP contribution is 2.25. The van der Waals surface area contributed by atoms with E-state index in [2.05, 4.69) is 11.9 Å². The molecule has 0 aliphatic heterocycles. The monoisotopic (exact) mass is 272 g/mol.